The summed E-state index contributed by atoms with van der Waals surface area (Å²) in [6, 6.07) is 20.8. The van der Waals surface area contributed by atoms with Crippen LogP contribution in [0.15, 0.2) is 60.7 Å². The van der Waals surface area contributed by atoms with Gasteiger partial charge in [-0.15, -0.1) is 0 Å². The molecule has 0 N–H and O–H groups in total. The number of rotatable bonds is 10. The molecule has 128 valence electrons. The molecule has 2 atom stereocenters. The van der Waals surface area contributed by atoms with Crippen molar-refractivity contribution in [2.24, 2.45) is 0 Å². The second kappa shape index (κ2) is 10.3. The first-order valence-electron chi connectivity index (χ1n) is 8.62. The fourth-order valence-electron chi connectivity index (χ4n) is 3.16. The molecule has 0 aliphatic heterocycles. The summed E-state index contributed by atoms with van der Waals surface area (Å²) in [6.45, 7) is 3.96. The molecule has 0 aliphatic carbocycles. The van der Waals surface area contributed by atoms with E-state index in [1.54, 1.807) is 14.2 Å². The Morgan fingerprint density at radius 3 is 1.62 bits per heavy atom. The predicted molar refractivity (Wildman–Crippen MR) is 99.5 cm³/mol. The molecule has 0 saturated heterocycles. The molecule has 2 heteroatoms. The molecule has 2 aromatic rings. The Morgan fingerprint density at radius 2 is 1.25 bits per heavy atom. The normalized spacial score (nSPS) is 13.8. The van der Waals surface area contributed by atoms with Gasteiger partial charge in [-0.3, -0.25) is 0 Å². The molecule has 0 saturated carbocycles. The molecule has 0 fully saturated rings. The van der Waals surface area contributed by atoms with Crippen molar-refractivity contribution < 1.29 is 9.47 Å². The standard InChI is InChI=1S/C22H28O2/c1-4-5-8-17-20(21(23-2)18-13-9-6-10-14-18)22(24-3)19-15-11-7-12-16-19/h6-7,9-16,21-22H,1,4-5,8,17H2,2-3H3. The van der Waals surface area contributed by atoms with Gasteiger partial charge in [0, 0.05) is 20.1 Å². The summed E-state index contributed by atoms with van der Waals surface area (Å²) >= 11 is 0. The average Bonchev–Trinajstić information content (AvgIpc) is 2.64. The highest BCUT2D eigenvalue weighted by atomic mass is 16.5. The lowest BCUT2D eigenvalue weighted by Gasteiger charge is -2.32. The molecule has 0 heterocycles. The summed E-state index contributed by atoms with van der Waals surface area (Å²) < 4.78 is 11.8. The lowest BCUT2D eigenvalue weighted by Crippen LogP contribution is -2.22. The van der Waals surface area contributed by atoms with Gasteiger partial charge in [0.25, 0.3) is 0 Å². The fourth-order valence-corrected chi connectivity index (χ4v) is 3.16. The minimum Gasteiger partial charge on any atom is -0.376 e. The van der Waals surface area contributed by atoms with Crippen LogP contribution in [-0.2, 0) is 9.47 Å². The molecule has 0 spiro atoms. The van der Waals surface area contributed by atoms with E-state index in [-0.39, 0.29) is 12.2 Å². The SMILES string of the molecule is [CH2]CCCC[C](C(OC)c1ccccc1)C(OC)c1ccccc1. The van der Waals surface area contributed by atoms with Gasteiger partial charge in [-0.05, 0) is 17.5 Å². The molecule has 0 aromatic heterocycles. The Hall–Kier alpha value is -1.64. The van der Waals surface area contributed by atoms with Crippen LogP contribution in [0.1, 0.15) is 49.0 Å². The number of hydrogen-bond acceptors (Lipinski definition) is 2. The average molecular weight is 324 g/mol. The van der Waals surface area contributed by atoms with Gasteiger partial charge in [0.2, 0.25) is 0 Å². The molecule has 2 nitrogen and oxygen atoms in total. The van der Waals surface area contributed by atoms with Crippen molar-refractivity contribution >= 4 is 0 Å². The maximum atomic E-state index is 5.90. The van der Waals surface area contributed by atoms with E-state index in [4.69, 9.17) is 9.47 Å². The van der Waals surface area contributed by atoms with Crippen molar-refractivity contribution in [3.8, 4) is 0 Å². The topological polar surface area (TPSA) is 18.5 Å². The summed E-state index contributed by atoms with van der Waals surface area (Å²) in [7, 11) is 3.55. The Balaban J connectivity index is 2.31. The number of hydrogen-bond donors (Lipinski definition) is 0. The number of methoxy groups -OCH3 is 2. The summed E-state index contributed by atoms with van der Waals surface area (Å²) in [5.41, 5.74) is 2.34. The summed E-state index contributed by atoms with van der Waals surface area (Å²) in [5.74, 6) is 1.27. The predicted octanol–water partition coefficient (Wildman–Crippen LogP) is 5.73. The van der Waals surface area contributed by atoms with Crippen LogP contribution in [0, 0.1) is 12.8 Å². The van der Waals surface area contributed by atoms with Crippen LogP contribution >= 0.6 is 0 Å². The van der Waals surface area contributed by atoms with Crippen molar-refractivity contribution in [2.45, 2.75) is 37.9 Å². The van der Waals surface area contributed by atoms with Crippen LogP contribution in [0.5, 0.6) is 0 Å². The smallest absolute Gasteiger partial charge is 0.0913 e. The Labute approximate surface area is 146 Å². The van der Waals surface area contributed by atoms with Crippen molar-refractivity contribution in [1.29, 1.82) is 0 Å². The molecule has 24 heavy (non-hydrogen) atoms. The quantitative estimate of drug-likeness (QED) is 0.520. The zero-order valence-corrected chi connectivity index (χ0v) is 14.8. The zero-order chi connectivity index (χ0) is 17.2. The molecule has 0 bridgehead atoms. The van der Waals surface area contributed by atoms with Crippen LogP contribution in [0.2, 0.25) is 0 Å². The summed E-state index contributed by atoms with van der Waals surface area (Å²) in [4.78, 5) is 0. The Bertz CT molecular complexity index is 505. The number of ether oxygens (including phenoxy) is 2. The second-order valence-corrected chi connectivity index (χ2v) is 5.94. The van der Waals surface area contributed by atoms with E-state index in [1.165, 1.54) is 17.0 Å². The summed E-state index contributed by atoms with van der Waals surface area (Å²) in [6.07, 6.45) is 4.00. The Morgan fingerprint density at radius 1 is 0.792 bits per heavy atom. The molecule has 0 aliphatic rings. The molecule has 0 amide bonds. The molecule has 2 unspecified atom stereocenters. The van der Waals surface area contributed by atoms with Gasteiger partial charge < -0.3 is 9.47 Å². The monoisotopic (exact) mass is 324 g/mol. The van der Waals surface area contributed by atoms with E-state index >= 15 is 0 Å². The van der Waals surface area contributed by atoms with Crippen molar-refractivity contribution in [1.82, 2.24) is 0 Å². The highest BCUT2D eigenvalue weighted by Crippen LogP contribution is 2.42. The minimum absolute atomic E-state index is 0.0684. The van der Waals surface area contributed by atoms with E-state index < -0.39 is 0 Å². The summed E-state index contributed by atoms with van der Waals surface area (Å²) in [5, 5.41) is 0. The highest BCUT2D eigenvalue weighted by Gasteiger charge is 2.32. The maximum absolute atomic E-state index is 5.90. The molecule has 2 rings (SSSR count). The van der Waals surface area contributed by atoms with E-state index in [0.717, 1.165) is 25.7 Å². The third kappa shape index (κ3) is 4.93. The second-order valence-electron chi connectivity index (χ2n) is 5.94. The van der Waals surface area contributed by atoms with Gasteiger partial charge in [-0.25, -0.2) is 0 Å². The van der Waals surface area contributed by atoms with E-state index in [2.05, 4.69) is 55.5 Å². The fraction of sp³-hybridized carbons (Fsp3) is 0.364. The van der Waals surface area contributed by atoms with Gasteiger partial charge >= 0.3 is 0 Å². The van der Waals surface area contributed by atoms with Crippen molar-refractivity contribution in [3.05, 3.63) is 84.6 Å². The molecular formula is C22H28O2. The van der Waals surface area contributed by atoms with Crippen LogP contribution in [-0.4, -0.2) is 14.2 Å². The van der Waals surface area contributed by atoms with Gasteiger partial charge in [0.1, 0.15) is 0 Å². The largest absolute Gasteiger partial charge is 0.376 e. The van der Waals surface area contributed by atoms with Gasteiger partial charge in [0.05, 0.1) is 12.2 Å². The van der Waals surface area contributed by atoms with Gasteiger partial charge in [-0.2, -0.15) is 0 Å². The van der Waals surface area contributed by atoms with E-state index in [9.17, 15) is 0 Å². The molecule has 2 aromatic carbocycles. The van der Waals surface area contributed by atoms with Crippen LogP contribution in [0.25, 0.3) is 0 Å². The third-order valence-corrected chi connectivity index (χ3v) is 4.32. The van der Waals surface area contributed by atoms with Gasteiger partial charge in [-0.1, -0.05) is 86.8 Å². The van der Waals surface area contributed by atoms with Crippen LogP contribution in [0.4, 0.5) is 0 Å². The first-order valence-corrected chi connectivity index (χ1v) is 8.62. The minimum atomic E-state index is -0.0684. The number of unbranched alkanes of at least 4 members (excludes halogenated alkanes) is 2. The van der Waals surface area contributed by atoms with Crippen molar-refractivity contribution in [2.75, 3.05) is 14.2 Å². The van der Waals surface area contributed by atoms with Crippen LogP contribution in [0.3, 0.4) is 0 Å². The van der Waals surface area contributed by atoms with Gasteiger partial charge in [0.15, 0.2) is 0 Å². The first kappa shape index (κ1) is 18.7. The first-order chi connectivity index (χ1) is 11.8. The lowest BCUT2D eigenvalue weighted by atomic mass is 9.83. The molecular weight excluding hydrogens is 296 g/mol. The highest BCUT2D eigenvalue weighted by molar-refractivity contribution is 5.30. The van der Waals surface area contributed by atoms with E-state index in [1.807, 2.05) is 12.1 Å². The van der Waals surface area contributed by atoms with Crippen LogP contribution < -0.4 is 0 Å². The maximum Gasteiger partial charge on any atom is 0.0913 e. The number of benzene rings is 2. The lowest BCUT2D eigenvalue weighted by molar-refractivity contribution is 0.0386. The Kier molecular flexibility index (Phi) is 8.00. The third-order valence-electron chi connectivity index (χ3n) is 4.32. The zero-order valence-electron chi connectivity index (χ0n) is 14.8. The molecule has 2 radical (unpaired) electrons. The van der Waals surface area contributed by atoms with Crippen molar-refractivity contribution in [3.63, 3.8) is 0 Å². The van der Waals surface area contributed by atoms with E-state index in [0.29, 0.717) is 0 Å².